The zero-order valence-corrected chi connectivity index (χ0v) is 12.5. The third-order valence-corrected chi connectivity index (χ3v) is 4.72. The Morgan fingerprint density at radius 2 is 1.89 bits per heavy atom. The Hall–Kier alpha value is -0.370. The van der Waals surface area contributed by atoms with Gasteiger partial charge in [0.1, 0.15) is 5.78 Å². The van der Waals surface area contributed by atoms with Gasteiger partial charge in [0.05, 0.1) is 0 Å². The van der Waals surface area contributed by atoms with Gasteiger partial charge in [0.15, 0.2) is 0 Å². The van der Waals surface area contributed by atoms with E-state index >= 15 is 0 Å². The van der Waals surface area contributed by atoms with E-state index in [1.165, 1.54) is 25.7 Å². The molecule has 1 rings (SSSR count). The molecule has 1 aliphatic rings. The number of carbonyl (C=O) groups is 1. The van der Waals surface area contributed by atoms with Crippen LogP contribution in [0.3, 0.4) is 0 Å². The fourth-order valence-electron chi connectivity index (χ4n) is 3.28. The van der Waals surface area contributed by atoms with E-state index in [9.17, 15) is 4.79 Å². The van der Waals surface area contributed by atoms with E-state index in [0.717, 1.165) is 32.2 Å². The second kappa shape index (κ2) is 7.28. The highest BCUT2D eigenvalue weighted by Gasteiger charge is 2.30. The molecule has 0 amide bonds. The number of ketones is 1. The first-order valence-corrected chi connectivity index (χ1v) is 7.73. The molecule has 2 N–H and O–H groups in total. The van der Waals surface area contributed by atoms with Crippen molar-refractivity contribution in [2.75, 3.05) is 6.54 Å². The Morgan fingerprint density at radius 3 is 2.50 bits per heavy atom. The van der Waals surface area contributed by atoms with E-state index in [0.29, 0.717) is 17.6 Å². The van der Waals surface area contributed by atoms with Crippen molar-refractivity contribution < 1.29 is 4.79 Å². The van der Waals surface area contributed by atoms with Gasteiger partial charge in [-0.25, -0.2) is 0 Å². The summed E-state index contributed by atoms with van der Waals surface area (Å²) in [4.78, 5) is 12.4. The second-order valence-electron chi connectivity index (χ2n) is 6.73. The van der Waals surface area contributed by atoms with Crippen molar-refractivity contribution >= 4 is 5.78 Å². The van der Waals surface area contributed by atoms with E-state index in [4.69, 9.17) is 5.73 Å². The smallest absolute Gasteiger partial charge is 0.136 e. The number of rotatable bonds is 7. The van der Waals surface area contributed by atoms with Crippen LogP contribution in [0, 0.1) is 17.3 Å². The van der Waals surface area contributed by atoms with Crippen LogP contribution in [0.25, 0.3) is 0 Å². The second-order valence-corrected chi connectivity index (χ2v) is 6.73. The van der Waals surface area contributed by atoms with Crippen molar-refractivity contribution in [1.82, 2.24) is 0 Å². The number of carbonyl (C=O) groups excluding carboxylic acids is 1. The van der Waals surface area contributed by atoms with Crippen LogP contribution in [0.15, 0.2) is 0 Å². The first kappa shape index (κ1) is 15.7. The molecule has 0 aromatic heterocycles. The summed E-state index contributed by atoms with van der Waals surface area (Å²) >= 11 is 0. The lowest BCUT2D eigenvalue weighted by molar-refractivity contribution is -0.126. The summed E-state index contributed by atoms with van der Waals surface area (Å²) < 4.78 is 0. The topological polar surface area (TPSA) is 43.1 Å². The Morgan fingerprint density at radius 1 is 1.22 bits per heavy atom. The van der Waals surface area contributed by atoms with E-state index in [-0.39, 0.29) is 5.41 Å². The molecule has 2 heteroatoms. The highest BCUT2D eigenvalue weighted by Crippen LogP contribution is 2.35. The Labute approximate surface area is 113 Å². The quantitative estimate of drug-likeness (QED) is 0.747. The van der Waals surface area contributed by atoms with Crippen LogP contribution in [-0.4, -0.2) is 12.3 Å². The van der Waals surface area contributed by atoms with E-state index in [1.807, 2.05) is 0 Å². The summed E-state index contributed by atoms with van der Waals surface area (Å²) in [6.45, 7) is 7.41. The van der Waals surface area contributed by atoms with Gasteiger partial charge in [0.25, 0.3) is 0 Å². The number of Topliss-reactive ketones (excluding diaryl/α,β-unsaturated/α-hetero) is 1. The lowest BCUT2D eigenvalue weighted by Crippen LogP contribution is -2.28. The summed E-state index contributed by atoms with van der Waals surface area (Å²) in [5.74, 6) is 1.54. The summed E-state index contributed by atoms with van der Waals surface area (Å²) in [5, 5.41) is 0. The summed E-state index contributed by atoms with van der Waals surface area (Å²) in [5.41, 5.74) is 5.85. The van der Waals surface area contributed by atoms with Gasteiger partial charge in [0, 0.05) is 12.3 Å². The molecule has 2 atom stereocenters. The molecule has 18 heavy (non-hydrogen) atoms. The van der Waals surface area contributed by atoms with Crippen molar-refractivity contribution in [2.24, 2.45) is 23.0 Å². The molecule has 1 aliphatic carbocycles. The van der Waals surface area contributed by atoms with Gasteiger partial charge < -0.3 is 5.73 Å². The maximum Gasteiger partial charge on any atom is 0.136 e. The van der Waals surface area contributed by atoms with Gasteiger partial charge in [-0.1, -0.05) is 40.0 Å². The Bertz CT molecular complexity index is 260. The van der Waals surface area contributed by atoms with Crippen LogP contribution >= 0.6 is 0 Å². The Balaban J connectivity index is 2.44. The predicted octanol–water partition coefficient (Wildman–Crippen LogP) is 3.93. The van der Waals surface area contributed by atoms with E-state index in [1.54, 1.807) is 0 Å². The first-order chi connectivity index (χ1) is 8.50. The van der Waals surface area contributed by atoms with E-state index < -0.39 is 0 Å². The average molecular weight is 253 g/mol. The van der Waals surface area contributed by atoms with Crippen LogP contribution in [0.2, 0.25) is 0 Å². The van der Waals surface area contributed by atoms with Crippen molar-refractivity contribution in [3.63, 3.8) is 0 Å². The molecule has 106 valence electrons. The molecule has 2 nitrogen and oxygen atoms in total. The third-order valence-electron chi connectivity index (χ3n) is 4.72. The molecule has 1 saturated carbocycles. The summed E-state index contributed by atoms with van der Waals surface area (Å²) in [6.07, 6.45) is 8.91. The Kier molecular flexibility index (Phi) is 6.34. The minimum atomic E-state index is 0.223. The lowest BCUT2D eigenvalue weighted by atomic mass is 9.73. The molecule has 0 aromatic carbocycles. The maximum atomic E-state index is 12.4. The van der Waals surface area contributed by atoms with Gasteiger partial charge in [-0.15, -0.1) is 0 Å². The van der Waals surface area contributed by atoms with Crippen LogP contribution in [-0.2, 0) is 4.79 Å². The minimum Gasteiger partial charge on any atom is -0.330 e. The molecule has 0 heterocycles. The van der Waals surface area contributed by atoms with Gasteiger partial charge in [-0.2, -0.15) is 0 Å². The van der Waals surface area contributed by atoms with Crippen molar-refractivity contribution in [1.29, 1.82) is 0 Å². The molecular weight excluding hydrogens is 222 g/mol. The number of hydrogen-bond acceptors (Lipinski definition) is 2. The number of hydrogen-bond donors (Lipinski definition) is 1. The molecule has 0 spiro atoms. The molecule has 0 radical (unpaired) electrons. The molecule has 2 unspecified atom stereocenters. The van der Waals surface area contributed by atoms with Gasteiger partial charge >= 0.3 is 0 Å². The molecule has 0 saturated heterocycles. The first-order valence-electron chi connectivity index (χ1n) is 7.73. The minimum absolute atomic E-state index is 0.223. The summed E-state index contributed by atoms with van der Waals surface area (Å²) in [7, 11) is 0. The molecule has 0 aliphatic heterocycles. The SMILES string of the molecule is CCC1CCCCC1C(=O)CCC(C)(C)CCN. The van der Waals surface area contributed by atoms with Gasteiger partial charge in [-0.05, 0) is 43.6 Å². The largest absolute Gasteiger partial charge is 0.330 e. The zero-order valence-electron chi connectivity index (χ0n) is 12.5. The van der Waals surface area contributed by atoms with Crippen LogP contribution in [0.1, 0.15) is 72.1 Å². The standard InChI is InChI=1S/C16H31NO/c1-4-13-7-5-6-8-14(13)15(18)9-10-16(2,3)11-12-17/h13-14H,4-12,17H2,1-3H3. The van der Waals surface area contributed by atoms with Crippen LogP contribution < -0.4 is 5.73 Å². The molecule has 0 bridgehead atoms. The van der Waals surface area contributed by atoms with Gasteiger partial charge in [0.2, 0.25) is 0 Å². The van der Waals surface area contributed by atoms with Crippen molar-refractivity contribution in [3.05, 3.63) is 0 Å². The third kappa shape index (κ3) is 4.72. The van der Waals surface area contributed by atoms with Gasteiger partial charge in [-0.3, -0.25) is 4.79 Å². The normalized spacial score (nSPS) is 25.1. The number of nitrogens with two attached hydrogens (primary N) is 1. The average Bonchev–Trinajstić information content (AvgIpc) is 2.36. The van der Waals surface area contributed by atoms with Crippen LogP contribution in [0.5, 0.6) is 0 Å². The highest BCUT2D eigenvalue weighted by molar-refractivity contribution is 5.81. The highest BCUT2D eigenvalue weighted by atomic mass is 16.1. The monoisotopic (exact) mass is 253 g/mol. The maximum absolute atomic E-state index is 12.4. The lowest BCUT2D eigenvalue weighted by Gasteiger charge is -2.31. The molecule has 0 aromatic rings. The van der Waals surface area contributed by atoms with Crippen LogP contribution in [0.4, 0.5) is 0 Å². The molecular formula is C16H31NO. The van der Waals surface area contributed by atoms with Crippen molar-refractivity contribution in [2.45, 2.75) is 72.1 Å². The fraction of sp³-hybridized carbons (Fsp3) is 0.938. The molecule has 1 fully saturated rings. The predicted molar refractivity (Wildman–Crippen MR) is 77.4 cm³/mol. The zero-order chi connectivity index (χ0) is 13.6. The van der Waals surface area contributed by atoms with E-state index in [2.05, 4.69) is 20.8 Å². The summed E-state index contributed by atoms with van der Waals surface area (Å²) in [6, 6.07) is 0. The van der Waals surface area contributed by atoms with Crippen molar-refractivity contribution in [3.8, 4) is 0 Å². The fourth-order valence-corrected chi connectivity index (χ4v) is 3.28.